The van der Waals surface area contributed by atoms with Crippen molar-refractivity contribution in [2.45, 2.75) is 33.1 Å². The van der Waals surface area contributed by atoms with Crippen molar-refractivity contribution in [1.82, 2.24) is 15.2 Å². The number of hydrogen-bond donors (Lipinski definition) is 1. The third-order valence-corrected chi connectivity index (χ3v) is 3.06. The minimum absolute atomic E-state index is 0.641. The molecule has 1 saturated heterocycles. The summed E-state index contributed by atoms with van der Waals surface area (Å²) in [5, 5.41) is 11.2. The third kappa shape index (κ3) is 3.28. The van der Waals surface area contributed by atoms with E-state index in [0.29, 0.717) is 5.95 Å². The maximum atomic E-state index is 4.51. The monoisotopic (exact) mass is 235 g/mol. The summed E-state index contributed by atoms with van der Waals surface area (Å²) >= 11 is 0. The molecule has 17 heavy (non-hydrogen) atoms. The molecule has 2 rings (SSSR count). The van der Waals surface area contributed by atoms with Crippen molar-refractivity contribution in [3.63, 3.8) is 0 Å². The SMILES string of the molecule is CCCNc1nncc(N2CCCC(C)C2)n1. The van der Waals surface area contributed by atoms with E-state index in [2.05, 4.69) is 39.2 Å². The zero-order chi connectivity index (χ0) is 12.1. The van der Waals surface area contributed by atoms with Crippen LogP contribution in [0.25, 0.3) is 0 Å². The molecular formula is C12H21N5. The van der Waals surface area contributed by atoms with Gasteiger partial charge in [0.05, 0.1) is 6.20 Å². The van der Waals surface area contributed by atoms with Gasteiger partial charge in [0, 0.05) is 19.6 Å². The Morgan fingerprint density at radius 2 is 2.41 bits per heavy atom. The summed E-state index contributed by atoms with van der Waals surface area (Å²) in [5.41, 5.74) is 0. The van der Waals surface area contributed by atoms with E-state index in [1.807, 2.05) is 0 Å². The molecule has 5 heteroatoms. The average Bonchev–Trinajstić information content (AvgIpc) is 2.37. The zero-order valence-corrected chi connectivity index (χ0v) is 10.7. The average molecular weight is 235 g/mol. The highest BCUT2D eigenvalue weighted by atomic mass is 15.3. The van der Waals surface area contributed by atoms with Gasteiger partial charge in [-0.25, -0.2) is 0 Å². The first-order chi connectivity index (χ1) is 8.29. The van der Waals surface area contributed by atoms with E-state index in [1.165, 1.54) is 12.8 Å². The van der Waals surface area contributed by atoms with Crippen LogP contribution in [-0.4, -0.2) is 34.8 Å². The highest BCUT2D eigenvalue weighted by Crippen LogP contribution is 2.20. The fourth-order valence-electron chi connectivity index (χ4n) is 2.16. The fourth-order valence-corrected chi connectivity index (χ4v) is 2.16. The van der Waals surface area contributed by atoms with Gasteiger partial charge in [-0.15, -0.1) is 5.10 Å². The lowest BCUT2D eigenvalue weighted by molar-refractivity contribution is 0.444. The largest absolute Gasteiger partial charge is 0.355 e. The van der Waals surface area contributed by atoms with Crippen LogP contribution in [0.3, 0.4) is 0 Å². The van der Waals surface area contributed by atoms with Crippen LogP contribution in [0, 0.1) is 5.92 Å². The Morgan fingerprint density at radius 1 is 1.53 bits per heavy atom. The molecule has 1 N–H and O–H groups in total. The summed E-state index contributed by atoms with van der Waals surface area (Å²) in [6.45, 7) is 7.46. The zero-order valence-electron chi connectivity index (χ0n) is 10.7. The normalized spacial score (nSPS) is 20.4. The standard InChI is InChI=1S/C12H21N5/c1-3-6-13-12-15-11(8-14-16-12)17-7-4-5-10(2)9-17/h8,10H,3-7,9H2,1-2H3,(H,13,15,16). The Hall–Kier alpha value is -1.39. The summed E-state index contributed by atoms with van der Waals surface area (Å²) in [7, 11) is 0. The van der Waals surface area contributed by atoms with Crippen molar-refractivity contribution in [2.75, 3.05) is 29.9 Å². The first-order valence-electron chi connectivity index (χ1n) is 6.48. The fraction of sp³-hybridized carbons (Fsp3) is 0.750. The molecule has 1 aliphatic rings. The molecule has 1 fully saturated rings. The Labute approximate surface area is 103 Å². The molecule has 1 unspecified atom stereocenters. The molecule has 0 bridgehead atoms. The first-order valence-corrected chi connectivity index (χ1v) is 6.48. The maximum absolute atomic E-state index is 4.51. The van der Waals surface area contributed by atoms with E-state index in [4.69, 9.17) is 0 Å². The Morgan fingerprint density at radius 3 is 3.18 bits per heavy atom. The Kier molecular flexibility index (Phi) is 4.12. The van der Waals surface area contributed by atoms with Gasteiger partial charge < -0.3 is 10.2 Å². The van der Waals surface area contributed by atoms with Crippen LogP contribution in [0.5, 0.6) is 0 Å². The van der Waals surface area contributed by atoms with Crippen LogP contribution in [0.2, 0.25) is 0 Å². The number of hydrogen-bond acceptors (Lipinski definition) is 5. The van der Waals surface area contributed by atoms with Crippen molar-refractivity contribution in [3.05, 3.63) is 6.20 Å². The van der Waals surface area contributed by atoms with Gasteiger partial charge in [-0.2, -0.15) is 10.1 Å². The molecule has 1 aromatic heterocycles. The van der Waals surface area contributed by atoms with E-state index in [-0.39, 0.29) is 0 Å². The lowest BCUT2D eigenvalue weighted by Gasteiger charge is -2.31. The van der Waals surface area contributed by atoms with Gasteiger partial charge >= 0.3 is 0 Å². The lowest BCUT2D eigenvalue weighted by atomic mass is 10.0. The second-order valence-corrected chi connectivity index (χ2v) is 4.76. The molecule has 0 aliphatic carbocycles. The molecule has 0 radical (unpaired) electrons. The Balaban J connectivity index is 2.04. The number of aromatic nitrogens is 3. The first kappa shape index (κ1) is 12.1. The van der Waals surface area contributed by atoms with E-state index < -0.39 is 0 Å². The summed E-state index contributed by atoms with van der Waals surface area (Å²) in [6.07, 6.45) is 5.38. The van der Waals surface area contributed by atoms with E-state index in [9.17, 15) is 0 Å². The second-order valence-electron chi connectivity index (χ2n) is 4.76. The van der Waals surface area contributed by atoms with E-state index in [0.717, 1.165) is 37.8 Å². The molecule has 1 aromatic rings. The predicted octanol–water partition coefficient (Wildman–Crippen LogP) is 1.93. The number of nitrogens with one attached hydrogen (secondary N) is 1. The minimum atomic E-state index is 0.641. The summed E-state index contributed by atoms with van der Waals surface area (Å²) in [6, 6.07) is 0. The minimum Gasteiger partial charge on any atom is -0.355 e. The van der Waals surface area contributed by atoms with Crippen molar-refractivity contribution in [2.24, 2.45) is 5.92 Å². The molecule has 94 valence electrons. The molecule has 5 nitrogen and oxygen atoms in total. The van der Waals surface area contributed by atoms with Gasteiger partial charge in [-0.3, -0.25) is 0 Å². The van der Waals surface area contributed by atoms with Crippen molar-refractivity contribution >= 4 is 11.8 Å². The van der Waals surface area contributed by atoms with E-state index in [1.54, 1.807) is 6.20 Å². The molecule has 0 aromatic carbocycles. The van der Waals surface area contributed by atoms with Gasteiger partial charge in [0.2, 0.25) is 5.95 Å². The number of anilines is 2. The molecular weight excluding hydrogens is 214 g/mol. The van der Waals surface area contributed by atoms with Crippen LogP contribution < -0.4 is 10.2 Å². The number of piperidine rings is 1. The second kappa shape index (κ2) is 5.80. The van der Waals surface area contributed by atoms with Crippen LogP contribution in [0.15, 0.2) is 6.20 Å². The maximum Gasteiger partial charge on any atom is 0.244 e. The molecule has 2 heterocycles. The van der Waals surface area contributed by atoms with Gasteiger partial charge in [0.1, 0.15) is 0 Å². The summed E-state index contributed by atoms with van der Waals surface area (Å²) in [5.74, 6) is 2.33. The Bertz CT molecular complexity index is 355. The van der Waals surface area contributed by atoms with Crippen LogP contribution in [-0.2, 0) is 0 Å². The van der Waals surface area contributed by atoms with Gasteiger partial charge in [-0.1, -0.05) is 13.8 Å². The van der Waals surface area contributed by atoms with Crippen LogP contribution >= 0.6 is 0 Å². The third-order valence-electron chi connectivity index (χ3n) is 3.06. The molecule has 0 spiro atoms. The topological polar surface area (TPSA) is 53.9 Å². The molecule has 0 saturated carbocycles. The van der Waals surface area contributed by atoms with Gasteiger partial charge in [0.15, 0.2) is 5.82 Å². The van der Waals surface area contributed by atoms with Crippen molar-refractivity contribution in [3.8, 4) is 0 Å². The van der Waals surface area contributed by atoms with Crippen LogP contribution in [0.1, 0.15) is 33.1 Å². The van der Waals surface area contributed by atoms with Gasteiger partial charge in [-0.05, 0) is 25.2 Å². The smallest absolute Gasteiger partial charge is 0.244 e. The van der Waals surface area contributed by atoms with Crippen LogP contribution in [0.4, 0.5) is 11.8 Å². The lowest BCUT2D eigenvalue weighted by Crippen LogP contribution is -2.35. The molecule has 0 amide bonds. The number of nitrogens with zero attached hydrogens (tertiary/aromatic N) is 4. The number of rotatable bonds is 4. The van der Waals surface area contributed by atoms with E-state index >= 15 is 0 Å². The molecule has 1 atom stereocenters. The summed E-state index contributed by atoms with van der Waals surface area (Å²) < 4.78 is 0. The quantitative estimate of drug-likeness (QED) is 0.864. The highest BCUT2D eigenvalue weighted by molar-refractivity contribution is 5.40. The van der Waals surface area contributed by atoms with Gasteiger partial charge in [0.25, 0.3) is 0 Å². The van der Waals surface area contributed by atoms with Crippen molar-refractivity contribution in [1.29, 1.82) is 0 Å². The highest BCUT2D eigenvalue weighted by Gasteiger charge is 2.18. The summed E-state index contributed by atoms with van der Waals surface area (Å²) in [4.78, 5) is 6.82. The van der Waals surface area contributed by atoms with Crippen molar-refractivity contribution < 1.29 is 0 Å². The molecule has 1 aliphatic heterocycles. The predicted molar refractivity (Wildman–Crippen MR) is 69.2 cm³/mol.